The van der Waals surface area contributed by atoms with Crippen molar-refractivity contribution in [3.63, 3.8) is 0 Å². The minimum absolute atomic E-state index is 0.322. The number of carboxylic acid groups (broad SMARTS) is 1. The lowest BCUT2D eigenvalue weighted by Crippen LogP contribution is -2.00. The number of esters is 1. The van der Waals surface area contributed by atoms with Crippen LogP contribution >= 0.6 is 0 Å². The van der Waals surface area contributed by atoms with Gasteiger partial charge in [-0.25, -0.2) is 9.59 Å². The Hall–Kier alpha value is -2.10. The fourth-order valence-electron chi connectivity index (χ4n) is 0.383. The second-order valence-electron chi connectivity index (χ2n) is 2.15. The molecule has 0 spiro atoms. The number of methoxy groups -OCH3 is 1. The van der Waals surface area contributed by atoms with Crippen LogP contribution in [-0.4, -0.2) is 24.2 Å². The molecule has 0 aromatic rings. The largest absolute Gasteiger partial charge is 0.478 e. The SMILES string of the molecule is C=CC(=O)O.C=CC=CC(=C)C(=O)OC. The molecule has 0 rings (SSSR count). The lowest BCUT2D eigenvalue weighted by Gasteiger charge is -1.94. The molecule has 0 aliphatic heterocycles. The minimum atomic E-state index is -0.981. The van der Waals surface area contributed by atoms with E-state index < -0.39 is 11.9 Å². The van der Waals surface area contributed by atoms with Crippen molar-refractivity contribution in [1.29, 1.82) is 0 Å². The molecule has 0 radical (unpaired) electrons. The van der Waals surface area contributed by atoms with Crippen LogP contribution < -0.4 is 0 Å². The summed E-state index contributed by atoms with van der Waals surface area (Å²) in [5, 5.41) is 7.60. The van der Waals surface area contributed by atoms with E-state index in [4.69, 9.17) is 5.11 Å². The molecule has 0 bridgehead atoms. The quantitative estimate of drug-likeness (QED) is 0.436. The summed E-state index contributed by atoms with van der Waals surface area (Å²) in [6.45, 7) is 9.85. The molecule has 4 heteroatoms. The normalized spacial score (nSPS) is 8.33. The van der Waals surface area contributed by atoms with Crippen molar-refractivity contribution in [2.24, 2.45) is 0 Å². The molecule has 0 atom stereocenters. The molecular formula is C11H14O4. The number of hydrogen-bond donors (Lipinski definition) is 1. The van der Waals surface area contributed by atoms with Crippen molar-refractivity contribution in [2.75, 3.05) is 7.11 Å². The monoisotopic (exact) mass is 210 g/mol. The highest BCUT2D eigenvalue weighted by Gasteiger charge is 1.99. The summed E-state index contributed by atoms with van der Waals surface area (Å²) in [6, 6.07) is 0. The van der Waals surface area contributed by atoms with Gasteiger partial charge in [0.05, 0.1) is 12.7 Å². The highest BCUT2D eigenvalue weighted by Crippen LogP contribution is 1.94. The first kappa shape index (κ1) is 15.4. The van der Waals surface area contributed by atoms with Crippen molar-refractivity contribution >= 4 is 11.9 Å². The van der Waals surface area contributed by atoms with E-state index in [2.05, 4.69) is 24.5 Å². The Balaban J connectivity index is 0. The van der Waals surface area contributed by atoms with Gasteiger partial charge in [0.2, 0.25) is 0 Å². The smallest absolute Gasteiger partial charge is 0.337 e. The predicted octanol–water partition coefficient (Wildman–Crippen LogP) is 1.71. The van der Waals surface area contributed by atoms with Gasteiger partial charge in [0.15, 0.2) is 0 Å². The van der Waals surface area contributed by atoms with E-state index in [9.17, 15) is 9.59 Å². The van der Waals surface area contributed by atoms with Crippen LogP contribution in [0.3, 0.4) is 0 Å². The molecular weight excluding hydrogens is 196 g/mol. The number of aliphatic carboxylic acids is 1. The van der Waals surface area contributed by atoms with Crippen molar-refractivity contribution in [2.45, 2.75) is 0 Å². The predicted molar refractivity (Wildman–Crippen MR) is 58.3 cm³/mol. The van der Waals surface area contributed by atoms with Gasteiger partial charge < -0.3 is 9.84 Å². The number of hydrogen-bond acceptors (Lipinski definition) is 3. The van der Waals surface area contributed by atoms with Gasteiger partial charge in [-0.05, 0) is 6.08 Å². The van der Waals surface area contributed by atoms with Crippen LogP contribution in [0.15, 0.2) is 49.6 Å². The summed E-state index contributed by atoms with van der Waals surface area (Å²) in [6.07, 6.45) is 5.56. The number of ether oxygens (including phenoxy) is 1. The highest BCUT2D eigenvalue weighted by molar-refractivity contribution is 5.90. The van der Waals surface area contributed by atoms with Crippen LogP contribution in [0, 0.1) is 0 Å². The molecule has 0 heterocycles. The molecule has 0 amide bonds. The highest BCUT2D eigenvalue weighted by atomic mass is 16.5. The molecule has 0 fully saturated rings. The molecule has 15 heavy (non-hydrogen) atoms. The molecule has 0 unspecified atom stereocenters. The summed E-state index contributed by atoms with van der Waals surface area (Å²) in [7, 11) is 1.31. The zero-order chi connectivity index (χ0) is 12.3. The van der Waals surface area contributed by atoms with Crippen LogP contribution in [0.4, 0.5) is 0 Å². The lowest BCUT2D eigenvalue weighted by atomic mass is 10.3. The van der Waals surface area contributed by atoms with Gasteiger partial charge in [-0.2, -0.15) is 0 Å². The van der Waals surface area contributed by atoms with E-state index >= 15 is 0 Å². The second-order valence-corrected chi connectivity index (χ2v) is 2.15. The van der Waals surface area contributed by atoms with Gasteiger partial charge in [-0.1, -0.05) is 31.9 Å². The van der Waals surface area contributed by atoms with Gasteiger partial charge >= 0.3 is 11.9 Å². The summed E-state index contributed by atoms with van der Waals surface area (Å²) >= 11 is 0. The molecule has 0 aliphatic carbocycles. The zero-order valence-corrected chi connectivity index (χ0v) is 8.60. The molecule has 0 aliphatic rings. The first-order chi connectivity index (χ1) is 6.99. The Morgan fingerprint density at radius 2 is 1.80 bits per heavy atom. The Labute approximate surface area is 88.9 Å². The maximum Gasteiger partial charge on any atom is 0.337 e. The molecule has 0 saturated carbocycles. The van der Waals surface area contributed by atoms with E-state index in [0.717, 1.165) is 6.08 Å². The van der Waals surface area contributed by atoms with Crippen LogP contribution in [0.2, 0.25) is 0 Å². The Bertz CT molecular complexity index is 287. The van der Waals surface area contributed by atoms with Gasteiger partial charge in [0.1, 0.15) is 0 Å². The van der Waals surface area contributed by atoms with Gasteiger partial charge in [0.25, 0.3) is 0 Å². The fourth-order valence-corrected chi connectivity index (χ4v) is 0.383. The third-order valence-corrected chi connectivity index (χ3v) is 1.06. The third-order valence-electron chi connectivity index (χ3n) is 1.06. The summed E-state index contributed by atoms with van der Waals surface area (Å²) in [4.78, 5) is 19.9. The first-order valence-electron chi connectivity index (χ1n) is 3.91. The summed E-state index contributed by atoms with van der Waals surface area (Å²) in [5.74, 6) is -1.40. The molecule has 0 saturated heterocycles. The maximum absolute atomic E-state index is 10.6. The Morgan fingerprint density at radius 1 is 1.33 bits per heavy atom. The lowest BCUT2D eigenvalue weighted by molar-refractivity contribution is -0.135. The number of rotatable bonds is 4. The third kappa shape index (κ3) is 11.9. The average molecular weight is 210 g/mol. The first-order valence-corrected chi connectivity index (χ1v) is 3.91. The maximum atomic E-state index is 10.6. The number of allylic oxidation sites excluding steroid dienone is 2. The van der Waals surface area contributed by atoms with E-state index in [1.807, 2.05) is 0 Å². The van der Waals surface area contributed by atoms with Crippen molar-refractivity contribution in [3.8, 4) is 0 Å². The Morgan fingerprint density at radius 3 is 2.07 bits per heavy atom. The summed E-state index contributed by atoms with van der Waals surface area (Å²) < 4.78 is 4.39. The van der Waals surface area contributed by atoms with E-state index in [1.165, 1.54) is 7.11 Å². The molecule has 1 N–H and O–H groups in total. The number of carboxylic acids is 1. The van der Waals surface area contributed by atoms with Crippen molar-refractivity contribution < 1.29 is 19.4 Å². The molecule has 0 aromatic carbocycles. The molecule has 4 nitrogen and oxygen atoms in total. The number of carbonyl (C=O) groups excluding carboxylic acids is 1. The topological polar surface area (TPSA) is 63.6 Å². The van der Waals surface area contributed by atoms with Crippen LogP contribution in [0.5, 0.6) is 0 Å². The van der Waals surface area contributed by atoms with Gasteiger partial charge in [-0.3, -0.25) is 0 Å². The van der Waals surface area contributed by atoms with E-state index in [0.29, 0.717) is 5.57 Å². The van der Waals surface area contributed by atoms with E-state index in [-0.39, 0.29) is 0 Å². The van der Waals surface area contributed by atoms with Crippen molar-refractivity contribution in [3.05, 3.63) is 49.6 Å². The van der Waals surface area contributed by atoms with Gasteiger partial charge in [0, 0.05) is 6.08 Å². The van der Waals surface area contributed by atoms with Crippen LogP contribution in [0.25, 0.3) is 0 Å². The average Bonchev–Trinajstić information content (AvgIpc) is 2.25. The number of carbonyl (C=O) groups is 2. The molecule has 82 valence electrons. The zero-order valence-electron chi connectivity index (χ0n) is 8.60. The summed E-state index contributed by atoms with van der Waals surface area (Å²) in [5.41, 5.74) is 0.322. The van der Waals surface area contributed by atoms with Gasteiger partial charge in [-0.15, -0.1) is 0 Å². The fraction of sp³-hybridized carbons (Fsp3) is 0.0909. The second kappa shape index (κ2) is 9.98. The van der Waals surface area contributed by atoms with Crippen molar-refractivity contribution in [1.82, 2.24) is 0 Å². The minimum Gasteiger partial charge on any atom is -0.478 e. The van der Waals surface area contributed by atoms with E-state index in [1.54, 1.807) is 18.2 Å². The standard InChI is InChI=1S/C8H10O2.C3H4O2/c1-4-5-6-7(2)8(9)10-3;1-2-3(4)5/h4-6H,1-2H2,3H3;2H,1H2,(H,4,5). The molecule has 0 aromatic heterocycles. The Kier molecular flexibility index (Phi) is 10.2. The van der Waals surface area contributed by atoms with Crippen LogP contribution in [0.1, 0.15) is 0 Å². The van der Waals surface area contributed by atoms with Crippen LogP contribution in [-0.2, 0) is 14.3 Å².